The summed E-state index contributed by atoms with van der Waals surface area (Å²) in [6.07, 6.45) is 0. The van der Waals surface area contributed by atoms with Crippen LogP contribution in [0.2, 0.25) is 0 Å². The number of methoxy groups -OCH3 is 2. The summed E-state index contributed by atoms with van der Waals surface area (Å²) in [6, 6.07) is 14.6. The minimum Gasteiger partial charge on any atom is -0.497 e. The molecule has 0 aromatic heterocycles. The van der Waals surface area contributed by atoms with Gasteiger partial charge in [-0.15, -0.1) is 0 Å². The maximum Gasteiger partial charge on any atom is 0.266 e. The Kier molecular flexibility index (Phi) is 3.89. The molecule has 6 heteroatoms. The van der Waals surface area contributed by atoms with E-state index in [4.69, 9.17) is 15.2 Å². The quantitative estimate of drug-likeness (QED) is 0.929. The average Bonchev–Trinajstić information content (AvgIpc) is 2.87. The summed E-state index contributed by atoms with van der Waals surface area (Å²) in [7, 11) is 4.78. The molecule has 2 aromatic carbocycles. The fourth-order valence-corrected chi connectivity index (χ4v) is 2.88. The molecule has 1 amide bonds. The zero-order chi connectivity index (χ0) is 17.3. The lowest BCUT2D eigenvalue weighted by Crippen LogP contribution is -2.41. The summed E-state index contributed by atoms with van der Waals surface area (Å²) in [4.78, 5) is 19.0. The zero-order valence-electron chi connectivity index (χ0n) is 13.8. The highest BCUT2D eigenvalue weighted by molar-refractivity contribution is 6.09. The standard InChI is InChI=1S/C18H19N3O3/c1-21-16(22)18(20-17(21)19,12-6-4-8-14(10-12)23-2)13-7-5-9-15(11-13)24-3/h4-11H,1-3H3,(H2,19,20). The molecule has 0 spiro atoms. The van der Waals surface area contributed by atoms with Crippen LogP contribution in [0.25, 0.3) is 0 Å². The average molecular weight is 325 g/mol. The first kappa shape index (κ1) is 15.9. The van der Waals surface area contributed by atoms with Crippen molar-refractivity contribution in [1.82, 2.24) is 4.90 Å². The second-order valence-electron chi connectivity index (χ2n) is 5.51. The first-order valence-corrected chi connectivity index (χ1v) is 7.45. The van der Waals surface area contributed by atoms with E-state index in [1.165, 1.54) is 4.90 Å². The number of nitrogens with zero attached hydrogens (tertiary/aromatic N) is 2. The summed E-state index contributed by atoms with van der Waals surface area (Å²) in [6.45, 7) is 0. The van der Waals surface area contributed by atoms with Crippen LogP contribution >= 0.6 is 0 Å². The zero-order valence-corrected chi connectivity index (χ0v) is 13.8. The number of carbonyl (C=O) groups is 1. The highest BCUT2D eigenvalue weighted by Gasteiger charge is 2.49. The topological polar surface area (TPSA) is 77.2 Å². The molecule has 24 heavy (non-hydrogen) atoms. The SMILES string of the molecule is COc1cccc(C2(c3cccc(OC)c3)N=C(N)N(C)C2=O)c1. The molecule has 0 fully saturated rings. The fourth-order valence-electron chi connectivity index (χ4n) is 2.88. The summed E-state index contributed by atoms with van der Waals surface area (Å²) < 4.78 is 10.6. The van der Waals surface area contributed by atoms with Gasteiger partial charge in [0.15, 0.2) is 11.5 Å². The number of ether oxygens (including phenoxy) is 2. The first-order chi connectivity index (χ1) is 11.5. The minimum atomic E-state index is -1.25. The van der Waals surface area contributed by atoms with Gasteiger partial charge in [0.25, 0.3) is 5.91 Å². The largest absolute Gasteiger partial charge is 0.497 e. The molecular weight excluding hydrogens is 306 g/mol. The van der Waals surface area contributed by atoms with Crippen molar-refractivity contribution in [2.24, 2.45) is 10.7 Å². The molecule has 6 nitrogen and oxygen atoms in total. The second kappa shape index (κ2) is 5.88. The van der Waals surface area contributed by atoms with Crippen LogP contribution in [0.4, 0.5) is 0 Å². The van der Waals surface area contributed by atoms with Crippen molar-refractivity contribution < 1.29 is 14.3 Å². The van der Waals surface area contributed by atoms with Gasteiger partial charge in [-0.3, -0.25) is 9.69 Å². The Balaban J connectivity index is 2.28. The third-order valence-electron chi connectivity index (χ3n) is 4.22. The van der Waals surface area contributed by atoms with Crippen LogP contribution in [0, 0.1) is 0 Å². The van der Waals surface area contributed by atoms with Crippen molar-refractivity contribution >= 4 is 11.9 Å². The van der Waals surface area contributed by atoms with Crippen molar-refractivity contribution in [3.05, 3.63) is 59.7 Å². The summed E-state index contributed by atoms with van der Waals surface area (Å²) in [5.74, 6) is 1.24. The molecule has 2 aromatic rings. The number of nitrogens with two attached hydrogens (primary N) is 1. The monoisotopic (exact) mass is 325 g/mol. The minimum absolute atomic E-state index is 0.172. The number of amides is 1. The van der Waals surface area contributed by atoms with Gasteiger partial charge >= 0.3 is 0 Å². The second-order valence-corrected chi connectivity index (χ2v) is 5.51. The van der Waals surface area contributed by atoms with Crippen LogP contribution in [0.3, 0.4) is 0 Å². The molecule has 0 saturated heterocycles. The van der Waals surface area contributed by atoms with Crippen LogP contribution in [0.15, 0.2) is 53.5 Å². The number of hydrogen-bond acceptors (Lipinski definition) is 5. The highest BCUT2D eigenvalue weighted by atomic mass is 16.5. The molecule has 1 heterocycles. The van der Waals surface area contributed by atoms with E-state index in [2.05, 4.69) is 4.99 Å². The maximum atomic E-state index is 13.1. The van der Waals surface area contributed by atoms with Gasteiger partial charge in [0.1, 0.15) is 11.5 Å². The maximum absolute atomic E-state index is 13.1. The van der Waals surface area contributed by atoms with Gasteiger partial charge in [0, 0.05) is 7.05 Å². The molecule has 1 aliphatic rings. The molecule has 1 aliphatic heterocycles. The van der Waals surface area contributed by atoms with Crippen LogP contribution in [-0.4, -0.2) is 38.0 Å². The van der Waals surface area contributed by atoms with Crippen molar-refractivity contribution in [2.75, 3.05) is 21.3 Å². The smallest absolute Gasteiger partial charge is 0.266 e. The number of hydrogen-bond donors (Lipinski definition) is 1. The number of carbonyl (C=O) groups excluding carboxylic acids is 1. The van der Waals surface area contributed by atoms with Gasteiger partial charge in [-0.25, -0.2) is 4.99 Å². The van der Waals surface area contributed by atoms with E-state index in [9.17, 15) is 4.79 Å². The molecule has 0 aliphatic carbocycles. The van der Waals surface area contributed by atoms with Gasteiger partial charge in [0.05, 0.1) is 14.2 Å². The Morgan fingerprint density at radius 1 is 1.00 bits per heavy atom. The van der Waals surface area contributed by atoms with Crippen molar-refractivity contribution in [3.8, 4) is 11.5 Å². The summed E-state index contributed by atoms with van der Waals surface area (Å²) in [5, 5.41) is 0. The number of benzene rings is 2. The predicted molar refractivity (Wildman–Crippen MR) is 91.2 cm³/mol. The van der Waals surface area contributed by atoms with E-state index < -0.39 is 5.54 Å². The molecule has 0 unspecified atom stereocenters. The van der Waals surface area contributed by atoms with Crippen molar-refractivity contribution in [3.63, 3.8) is 0 Å². The molecule has 124 valence electrons. The third kappa shape index (κ3) is 2.27. The Hall–Kier alpha value is -3.02. The predicted octanol–water partition coefficient (Wildman–Crippen LogP) is 1.73. The Morgan fingerprint density at radius 2 is 1.50 bits per heavy atom. The van der Waals surface area contributed by atoms with E-state index in [0.29, 0.717) is 22.6 Å². The van der Waals surface area contributed by atoms with E-state index in [1.807, 2.05) is 36.4 Å². The van der Waals surface area contributed by atoms with E-state index >= 15 is 0 Å². The Morgan fingerprint density at radius 3 is 1.88 bits per heavy atom. The summed E-state index contributed by atoms with van der Waals surface area (Å²) >= 11 is 0. The van der Waals surface area contributed by atoms with Gasteiger partial charge in [-0.2, -0.15) is 0 Å². The van der Waals surface area contributed by atoms with E-state index in [-0.39, 0.29) is 11.9 Å². The number of rotatable bonds is 4. The van der Waals surface area contributed by atoms with Crippen LogP contribution in [0.1, 0.15) is 11.1 Å². The lowest BCUT2D eigenvalue weighted by molar-refractivity contribution is -0.129. The van der Waals surface area contributed by atoms with Gasteiger partial charge < -0.3 is 15.2 Å². The molecule has 3 rings (SSSR count). The lowest BCUT2D eigenvalue weighted by Gasteiger charge is -2.26. The normalized spacial score (nSPS) is 16.0. The number of guanidine groups is 1. The molecule has 2 N–H and O–H groups in total. The van der Waals surface area contributed by atoms with Crippen LogP contribution < -0.4 is 15.2 Å². The Bertz CT molecular complexity index is 769. The number of likely N-dealkylation sites (N-methyl/N-ethyl adjacent to an activating group) is 1. The molecule has 0 atom stereocenters. The molecular formula is C18H19N3O3. The first-order valence-electron chi connectivity index (χ1n) is 7.45. The molecule has 0 radical (unpaired) electrons. The van der Waals surface area contributed by atoms with Gasteiger partial charge in [-0.1, -0.05) is 24.3 Å². The van der Waals surface area contributed by atoms with Crippen LogP contribution in [0.5, 0.6) is 11.5 Å². The Labute approximate surface area is 140 Å². The fraction of sp³-hybridized carbons (Fsp3) is 0.222. The lowest BCUT2D eigenvalue weighted by atomic mass is 9.82. The molecule has 0 saturated carbocycles. The van der Waals surface area contributed by atoms with Crippen molar-refractivity contribution in [1.29, 1.82) is 0 Å². The molecule has 0 bridgehead atoms. The van der Waals surface area contributed by atoms with Gasteiger partial charge in [0.2, 0.25) is 0 Å². The van der Waals surface area contributed by atoms with E-state index in [1.54, 1.807) is 33.4 Å². The van der Waals surface area contributed by atoms with Crippen LogP contribution in [-0.2, 0) is 10.3 Å². The highest BCUT2D eigenvalue weighted by Crippen LogP contribution is 2.41. The van der Waals surface area contributed by atoms with Crippen molar-refractivity contribution in [2.45, 2.75) is 5.54 Å². The van der Waals surface area contributed by atoms with Gasteiger partial charge in [-0.05, 0) is 35.4 Å². The van der Waals surface area contributed by atoms with E-state index in [0.717, 1.165) is 0 Å². The third-order valence-corrected chi connectivity index (χ3v) is 4.22. The number of aliphatic imine (C=N–C) groups is 1. The summed E-state index contributed by atoms with van der Waals surface area (Å²) in [5.41, 5.74) is 6.08.